The van der Waals surface area contributed by atoms with Gasteiger partial charge in [-0.1, -0.05) is 13.3 Å². The highest BCUT2D eigenvalue weighted by molar-refractivity contribution is 5.90. The highest BCUT2D eigenvalue weighted by atomic mass is 16.5. The summed E-state index contributed by atoms with van der Waals surface area (Å²) in [6.45, 7) is 4.26. The molecule has 0 spiro atoms. The number of aromatic amines is 1. The van der Waals surface area contributed by atoms with Crippen molar-refractivity contribution in [1.29, 1.82) is 0 Å². The quantitative estimate of drug-likeness (QED) is 0.701. The number of aromatic nitrogens is 4. The van der Waals surface area contributed by atoms with Crippen molar-refractivity contribution in [1.82, 2.24) is 19.7 Å². The summed E-state index contributed by atoms with van der Waals surface area (Å²) in [6, 6.07) is 4.48. The second-order valence-corrected chi connectivity index (χ2v) is 5.88. The predicted molar refractivity (Wildman–Crippen MR) is 96.7 cm³/mol. The van der Waals surface area contributed by atoms with Crippen LogP contribution in [0.1, 0.15) is 36.3 Å². The number of benzene rings is 1. The molecule has 0 amide bonds. The zero-order chi connectivity index (χ0) is 18.8. The second kappa shape index (κ2) is 6.99. The number of carboxylic acid groups (broad SMARTS) is 1. The number of carboxylic acids is 1. The van der Waals surface area contributed by atoms with E-state index in [9.17, 15) is 14.7 Å². The zero-order valence-electron chi connectivity index (χ0n) is 14.9. The fourth-order valence-corrected chi connectivity index (χ4v) is 2.91. The van der Waals surface area contributed by atoms with Crippen molar-refractivity contribution in [3.63, 3.8) is 0 Å². The Morgan fingerprint density at radius 1 is 1.35 bits per heavy atom. The van der Waals surface area contributed by atoms with Crippen LogP contribution in [0.3, 0.4) is 0 Å². The number of carbonyl (C=O) groups is 1. The summed E-state index contributed by atoms with van der Waals surface area (Å²) in [5.74, 6) is -0.342. The van der Waals surface area contributed by atoms with E-state index < -0.39 is 5.97 Å². The van der Waals surface area contributed by atoms with E-state index in [4.69, 9.17) is 4.74 Å². The Hall–Kier alpha value is -3.16. The van der Waals surface area contributed by atoms with E-state index in [0.29, 0.717) is 35.4 Å². The lowest BCUT2D eigenvalue weighted by atomic mass is 10.1. The van der Waals surface area contributed by atoms with Crippen LogP contribution in [0.2, 0.25) is 0 Å². The number of ether oxygens (including phenoxy) is 1. The molecule has 0 aliphatic carbocycles. The topological polar surface area (TPSA) is 110 Å². The first-order valence-electron chi connectivity index (χ1n) is 8.42. The number of aryl methyl sites for hydroxylation is 2. The largest absolute Gasteiger partial charge is 0.493 e. The summed E-state index contributed by atoms with van der Waals surface area (Å²) in [5.41, 5.74) is 1.85. The van der Waals surface area contributed by atoms with Crippen LogP contribution in [0.4, 0.5) is 0 Å². The molecule has 0 saturated heterocycles. The molecule has 8 heteroatoms. The van der Waals surface area contributed by atoms with E-state index in [2.05, 4.69) is 15.1 Å². The maximum Gasteiger partial charge on any atom is 0.335 e. The zero-order valence-corrected chi connectivity index (χ0v) is 14.9. The highest BCUT2D eigenvalue weighted by Crippen LogP contribution is 2.29. The van der Waals surface area contributed by atoms with Crippen LogP contribution in [-0.4, -0.2) is 37.4 Å². The molecule has 0 bridgehead atoms. The summed E-state index contributed by atoms with van der Waals surface area (Å²) < 4.78 is 7.11. The first kappa shape index (κ1) is 17.7. The lowest BCUT2D eigenvalue weighted by molar-refractivity contribution is 0.0697. The van der Waals surface area contributed by atoms with Gasteiger partial charge in [0.1, 0.15) is 17.1 Å². The van der Waals surface area contributed by atoms with Gasteiger partial charge in [-0.2, -0.15) is 5.10 Å². The van der Waals surface area contributed by atoms with Gasteiger partial charge in [-0.05, 0) is 31.5 Å². The summed E-state index contributed by atoms with van der Waals surface area (Å²) in [4.78, 5) is 31.2. The van der Waals surface area contributed by atoms with E-state index >= 15 is 0 Å². The molecule has 3 aromatic rings. The van der Waals surface area contributed by atoms with Crippen LogP contribution >= 0.6 is 0 Å². The SMILES string of the molecule is CCCc1nn(C)c2c(=O)[nH]c(-c3cc(C(=O)O)ccc3OCC)nc12. The molecule has 1 aromatic carbocycles. The first-order chi connectivity index (χ1) is 12.5. The van der Waals surface area contributed by atoms with Crippen molar-refractivity contribution in [3.05, 3.63) is 39.8 Å². The Labute approximate surface area is 149 Å². The molecule has 0 aliphatic heterocycles. The molecule has 0 aliphatic rings. The molecule has 0 atom stereocenters. The first-order valence-corrected chi connectivity index (χ1v) is 8.42. The summed E-state index contributed by atoms with van der Waals surface area (Å²) >= 11 is 0. The lowest BCUT2D eigenvalue weighted by Crippen LogP contribution is -2.13. The number of nitrogens with zero attached hydrogens (tertiary/aromatic N) is 3. The molecule has 8 nitrogen and oxygen atoms in total. The van der Waals surface area contributed by atoms with Gasteiger partial charge in [0.15, 0.2) is 5.52 Å². The fraction of sp³-hybridized carbons (Fsp3) is 0.333. The van der Waals surface area contributed by atoms with Crippen molar-refractivity contribution in [2.45, 2.75) is 26.7 Å². The maximum absolute atomic E-state index is 12.6. The van der Waals surface area contributed by atoms with E-state index in [-0.39, 0.29) is 16.9 Å². The van der Waals surface area contributed by atoms with E-state index in [0.717, 1.165) is 12.1 Å². The maximum atomic E-state index is 12.6. The van der Waals surface area contributed by atoms with Crippen LogP contribution in [0.25, 0.3) is 22.4 Å². The Morgan fingerprint density at radius 3 is 2.77 bits per heavy atom. The van der Waals surface area contributed by atoms with Gasteiger partial charge in [0, 0.05) is 7.05 Å². The number of aromatic carboxylic acids is 1. The van der Waals surface area contributed by atoms with Gasteiger partial charge in [-0.15, -0.1) is 0 Å². The van der Waals surface area contributed by atoms with Crippen LogP contribution in [0.15, 0.2) is 23.0 Å². The van der Waals surface area contributed by atoms with Gasteiger partial charge in [0.2, 0.25) is 0 Å². The monoisotopic (exact) mass is 356 g/mol. The normalized spacial score (nSPS) is 11.0. The molecule has 0 saturated carbocycles. The summed E-state index contributed by atoms with van der Waals surface area (Å²) in [5, 5.41) is 13.7. The van der Waals surface area contributed by atoms with E-state index in [1.54, 1.807) is 13.1 Å². The number of H-pyrrole nitrogens is 1. The van der Waals surface area contributed by atoms with Crippen molar-refractivity contribution in [2.75, 3.05) is 6.61 Å². The smallest absolute Gasteiger partial charge is 0.335 e. The third-order valence-corrected chi connectivity index (χ3v) is 4.03. The van der Waals surface area contributed by atoms with E-state index in [1.165, 1.54) is 16.8 Å². The molecule has 2 N–H and O–H groups in total. The molecule has 0 unspecified atom stereocenters. The van der Waals surface area contributed by atoms with Crippen molar-refractivity contribution < 1.29 is 14.6 Å². The van der Waals surface area contributed by atoms with Crippen LogP contribution in [0.5, 0.6) is 5.75 Å². The van der Waals surface area contributed by atoms with Gasteiger partial charge >= 0.3 is 5.97 Å². The van der Waals surface area contributed by atoms with Crippen molar-refractivity contribution in [2.24, 2.45) is 7.05 Å². The van der Waals surface area contributed by atoms with Gasteiger partial charge in [-0.25, -0.2) is 9.78 Å². The van der Waals surface area contributed by atoms with Crippen LogP contribution < -0.4 is 10.3 Å². The Balaban J connectivity index is 2.28. The fourth-order valence-electron chi connectivity index (χ4n) is 2.91. The number of hydrogen-bond donors (Lipinski definition) is 2. The van der Waals surface area contributed by atoms with Crippen LogP contribution in [-0.2, 0) is 13.5 Å². The third-order valence-electron chi connectivity index (χ3n) is 4.03. The molecule has 3 rings (SSSR count). The Bertz CT molecular complexity index is 1040. The molecular formula is C18H20N4O4. The molecule has 26 heavy (non-hydrogen) atoms. The van der Waals surface area contributed by atoms with Crippen molar-refractivity contribution in [3.8, 4) is 17.1 Å². The molecule has 136 valence electrons. The van der Waals surface area contributed by atoms with Crippen LogP contribution in [0, 0.1) is 0 Å². The third kappa shape index (κ3) is 3.05. The Morgan fingerprint density at radius 2 is 2.12 bits per heavy atom. The molecule has 0 radical (unpaired) electrons. The standard InChI is InChI=1S/C18H20N4O4/c1-4-6-12-14-15(22(3)21-12)17(23)20-16(19-14)11-9-10(18(24)25)7-8-13(11)26-5-2/h7-9H,4-6H2,1-3H3,(H,24,25)(H,19,20,23). The van der Waals surface area contributed by atoms with Crippen molar-refractivity contribution >= 4 is 17.0 Å². The van der Waals surface area contributed by atoms with Gasteiger partial charge < -0.3 is 14.8 Å². The minimum Gasteiger partial charge on any atom is -0.493 e. The Kier molecular flexibility index (Phi) is 4.75. The number of hydrogen-bond acceptors (Lipinski definition) is 5. The molecule has 2 aromatic heterocycles. The van der Waals surface area contributed by atoms with Gasteiger partial charge in [-0.3, -0.25) is 9.48 Å². The average Bonchev–Trinajstić information content (AvgIpc) is 2.92. The van der Waals surface area contributed by atoms with Gasteiger partial charge in [0.05, 0.1) is 23.4 Å². The lowest BCUT2D eigenvalue weighted by Gasteiger charge is -2.11. The average molecular weight is 356 g/mol. The highest BCUT2D eigenvalue weighted by Gasteiger charge is 2.18. The number of fused-ring (bicyclic) bond motifs is 1. The summed E-state index contributed by atoms with van der Waals surface area (Å²) in [7, 11) is 1.70. The molecule has 2 heterocycles. The number of rotatable bonds is 6. The minimum absolute atomic E-state index is 0.0890. The number of nitrogens with one attached hydrogen (secondary N) is 1. The second-order valence-electron chi connectivity index (χ2n) is 5.88. The van der Waals surface area contributed by atoms with Gasteiger partial charge in [0.25, 0.3) is 5.56 Å². The predicted octanol–water partition coefficient (Wildman–Crippen LogP) is 2.37. The minimum atomic E-state index is -1.06. The van der Waals surface area contributed by atoms with E-state index in [1.807, 2.05) is 13.8 Å². The molecule has 0 fully saturated rings. The summed E-state index contributed by atoms with van der Waals surface area (Å²) in [6.07, 6.45) is 1.56. The molecular weight excluding hydrogens is 336 g/mol.